The molecule has 1 aromatic carbocycles. The van der Waals surface area contributed by atoms with Gasteiger partial charge in [0, 0.05) is 17.4 Å². The summed E-state index contributed by atoms with van der Waals surface area (Å²) in [5.74, 6) is 0.733. The number of halogens is 1. The lowest BCUT2D eigenvalue weighted by atomic mass is 10.2. The van der Waals surface area contributed by atoms with Crippen LogP contribution in [0.1, 0.15) is 12.0 Å². The molecule has 1 aliphatic heterocycles. The zero-order chi connectivity index (χ0) is 9.97. The minimum atomic E-state index is 0.733. The van der Waals surface area contributed by atoms with Gasteiger partial charge in [-0.2, -0.15) is 5.10 Å². The van der Waals surface area contributed by atoms with E-state index in [4.69, 9.17) is 5.73 Å². The van der Waals surface area contributed by atoms with E-state index in [9.17, 15) is 0 Å². The molecule has 3 nitrogen and oxygen atoms in total. The molecule has 0 bridgehead atoms. The van der Waals surface area contributed by atoms with Gasteiger partial charge in [0.25, 0.3) is 0 Å². The van der Waals surface area contributed by atoms with Gasteiger partial charge in [-0.15, -0.1) is 0 Å². The number of nitrogens with two attached hydrogens (primary N) is 1. The van der Waals surface area contributed by atoms with Crippen molar-refractivity contribution in [3.8, 4) is 0 Å². The lowest BCUT2D eigenvalue weighted by molar-refractivity contribution is 0.309. The second-order valence-electron chi connectivity index (χ2n) is 3.32. The number of hydrogen-bond donors (Lipinski definition) is 1. The average Bonchev–Trinajstić information content (AvgIpc) is 2.56. The second-order valence-corrected chi connectivity index (χ2v) is 4.18. The summed E-state index contributed by atoms with van der Waals surface area (Å²) in [4.78, 5) is 0. The first-order valence-corrected chi connectivity index (χ1v) is 5.36. The van der Waals surface area contributed by atoms with Gasteiger partial charge in [-0.3, -0.25) is 5.01 Å². The highest BCUT2D eigenvalue weighted by Gasteiger charge is 2.12. The van der Waals surface area contributed by atoms with Crippen LogP contribution in [0.15, 0.2) is 33.8 Å². The van der Waals surface area contributed by atoms with Crippen LogP contribution in [-0.4, -0.2) is 17.4 Å². The van der Waals surface area contributed by atoms with Gasteiger partial charge in [0.15, 0.2) is 0 Å². The summed E-state index contributed by atoms with van der Waals surface area (Å²) >= 11 is 3.51. The highest BCUT2D eigenvalue weighted by Crippen LogP contribution is 2.19. The highest BCUT2D eigenvalue weighted by molar-refractivity contribution is 9.10. The molecule has 2 N–H and O–H groups in total. The molecule has 0 aromatic heterocycles. The first-order valence-electron chi connectivity index (χ1n) is 4.57. The Morgan fingerprint density at radius 2 is 2.21 bits per heavy atom. The number of benzene rings is 1. The zero-order valence-electron chi connectivity index (χ0n) is 7.78. The summed E-state index contributed by atoms with van der Waals surface area (Å²) in [5.41, 5.74) is 6.86. The molecule has 0 saturated carbocycles. The Labute approximate surface area is 91.7 Å². The molecule has 0 fully saturated rings. The predicted molar refractivity (Wildman–Crippen MR) is 60.8 cm³/mol. The van der Waals surface area contributed by atoms with Crippen LogP contribution < -0.4 is 5.73 Å². The second kappa shape index (κ2) is 4.00. The van der Waals surface area contributed by atoms with E-state index in [2.05, 4.69) is 27.1 Å². The molecule has 1 aliphatic rings. The monoisotopic (exact) mass is 253 g/mol. The van der Waals surface area contributed by atoms with E-state index in [-0.39, 0.29) is 0 Å². The molecule has 2 rings (SSSR count). The van der Waals surface area contributed by atoms with E-state index in [1.165, 1.54) is 5.56 Å². The number of amidine groups is 1. The first kappa shape index (κ1) is 9.52. The number of nitrogens with zero attached hydrogens (tertiary/aromatic N) is 2. The molecular formula is C10H12BrN3. The van der Waals surface area contributed by atoms with Crippen molar-refractivity contribution in [3.63, 3.8) is 0 Å². The van der Waals surface area contributed by atoms with E-state index in [1.807, 2.05) is 23.2 Å². The van der Waals surface area contributed by atoms with Crippen LogP contribution in [0.2, 0.25) is 0 Å². The van der Waals surface area contributed by atoms with Crippen molar-refractivity contribution in [3.05, 3.63) is 34.3 Å². The van der Waals surface area contributed by atoms with Crippen LogP contribution in [0.3, 0.4) is 0 Å². The predicted octanol–water partition coefficient (Wildman–Crippen LogP) is 1.93. The van der Waals surface area contributed by atoms with Crippen molar-refractivity contribution < 1.29 is 0 Å². The fourth-order valence-corrected chi connectivity index (χ4v) is 1.87. The third-order valence-electron chi connectivity index (χ3n) is 2.21. The minimum absolute atomic E-state index is 0.733. The Balaban J connectivity index is 2.08. The molecule has 0 spiro atoms. The van der Waals surface area contributed by atoms with Crippen LogP contribution >= 0.6 is 15.9 Å². The summed E-state index contributed by atoms with van der Waals surface area (Å²) < 4.78 is 1.13. The van der Waals surface area contributed by atoms with Gasteiger partial charge in [-0.05, 0) is 11.6 Å². The van der Waals surface area contributed by atoms with Crippen molar-refractivity contribution >= 4 is 21.8 Å². The third-order valence-corrected chi connectivity index (χ3v) is 2.98. The van der Waals surface area contributed by atoms with E-state index in [1.54, 1.807) is 0 Å². The SMILES string of the molecule is NC1=NN(Cc2ccccc2Br)CC1. The summed E-state index contributed by atoms with van der Waals surface area (Å²) in [5, 5.41) is 6.23. The zero-order valence-corrected chi connectivity index (χ0v) is 9.37. The quantitative estimate of drug-likeness (QED) is 0.876. The molecule has 0 atom stereocenters. The van der Waals surface area contributed by atoms with Gasteiger partial charge >= 0.3 is 0 Å². The third kappa shape index (κ3) is 2.07. The Morgan fingerprint density at radius 3 is 2.86 bits per heavy atom. The summed E-state index contributed by atoms with van der Waals surface area (Å²) in [6.45, 7) is 1.75. The van der Waals surface area contributed by atoms with Crippen molar-refractivity contribution in [1.29, 1.82) is 0 Å². The van der Waals surface area contributed by atoms with E-state index >= 15 is 0 Å². The Morgan fingerprint density at radius 1 is 1.43 bits per heavy atom. The normalized spacial score (nSPS) is 15.8. The number of hydrogen-bond acceptors (Lipinski definition) is 3. The first-order chi connectivity index (χ1) is 6.75. The van der Waals surface area contributed by atoms with Crippen molar-refractivity contribution in [1.82, 2.24) is 5.01 Å². The van der Waals surface area contributed by atoms with Crippen molar-refractivity contribution in [2.45, 2.75) is 13.0 Å². The van der Waals surface area contributed by atoms with Gasteiger partial charge < -0.3 is 5.73 Å². The maximum atomic E-state index is 5.61. The maximum absolute atomic E-state index is 5.61. The molecule has 4 heteroatoms. The van der Waals surface area contributed by atoms with E-state index < -0.39 is 0 Å². The average molecular weight is 254 g/mol. The molecule has 74 valence electrons. The highest BCUT2D eigenvalue weighted by atomic mass is 79.9. The van der Waals surface area contributed by atoms with Crippen LogP contribution in [0.25, 0.3) is 0 Å². The topological polar surface area (TPSA) is 41.6 Å². The molecule has 1 heterocycles. The molecule has 0 aliphatic carbocycles. The molecular weight excluding hydrogens is 242 g/mol. The summed E-state index contributed by atoms with van der Waals surface area (Å²) in [6.07, 6.45) is 0.879. The van der Waals surface area contributed by atoms with E-state index in [0.717, 1.165) is 29.8 Å². The number of rotatable bonds is 2. The Bertz CT molecular complexity index is 362. The van der Waals surface area contributed by atoms with Gasteiger partial charge in [-0.1, -0.05) is 34.1 Å². The van der Waals surface area contributed by atoms with E-state index in [0.29, 0.717) is 0 Å². The van der Waals surface area contributed by atoms with Crippen molar-refractivity contribution in [2.24, 2.45) is 10.8 Å². The molecule has 1 aromatic rings. The lowest BCUT2D eigenvalue weighted by Gasteiger charge is -2.13. The Hall–Kier alpha value is -1.03. The van der Waals surface area contributed by atoms with Crippen LogP contribution in [0.5, 0.6) is 0 Å². The minimum Gasteiger partial charge on any atom is -0.386 e. The summed E-state index contributed by atoms with van der Waals surface area (Å²) in [6, 6.07) is 8.17. The molecule has 0 radical (unpaired) electrons. The van der Waals surface area contributed by atoms with Gasteiger partial charge in [0.1, 0.15) is 5.84 Å². The van der Waals surface area contributed by atoms with Crippen LogP contribution in [0.4, 0.5) is 0 Å². The molecule has 0 saturated heterocycles. The fourth-order valence-electron chi connectivity index (χ4n) is 1.46. The lowest BCUT2D eigenvalue weighted by Crippen LogP contribution is -2.13. The molecule has 0 unspecified atom stereocenters. The summed E-state index contributed by atoms with van der Waals surface area (Å²) in [7, 11) is 0. The van der Waals surface area contributed by atoms with Gasteiger partial charge in [-0.25, -0.2) is 0 Å². The largest absolute Gasteiger partial charge is 0.386 e. The molecule has 0 amide bonds. The van der Waals surface area contributed by atoms with Crippen LogP contribution in [-0.2, 0) is 6.54 Å². The smallest absolute Gasteiger partial charge is 0.121 e. The van der Waals surface area contributed by atoms with Crippen molar-refractivity contribution in [2.75, 3.05) is 6.54 Å². The Kier molecular flexibility index (Phi) is 2.72. The van der Waals surface area contributed by atoms with Crippen LogP contribution in [0, 0.1) is 0 Å². The molecule has 14 heavy (non-hydrogen) atoms. The standard InChI is InChI=1S/C10H12BrN3/c11-9-4-2-1-3-8(9)7-14-6-5-10(12)13-14/h1-4H,5-7H2,(H2,12,13). The number of hydrazone groups is 1. The van der Waals surface area contributed by atoms with Gasteiger partial charge in [0.2, 0.25) is 0 Å². The maximum Gasteiger partial charge on any atom is 0.121 e. The van der Waals surface area contributed by atoms with Gasteiger partial charge in [0.05, 0.1) is 6.54 Å². The fraction of sp³-hybridized carbons (Fsp3) is 0.300.